The summed E-state index contributed by atoms with van der Waals surface area (Å²) in [5.74, 6) is -0.395. The van der Waals surface area contributed by atoms with Crippen molar-refractivity contribution in [1.82, 2.24) is 0 Å². The first-order chi connectivity index (χ1) is 9.13. The molecule has 0 spiro atoms. The first-order valence-electron chi connectivity index (χ1n) is 6.38. The van der Waals surface area contributed by atoms with Crippen LogP contribution in [0.4, 0.5) is 0 Å². The molecule has 2 fully saturated rings. The van der Waals surface area contributed by atoms with Crippen molar-refractivity contribution >= 4 is 5.97 Å². The number of carbonyl (C=O) groups is 1. The second-order valence-corrected chi connectivity index (χ2v) is 4.44. The quantitative estimate of drug-likeness (QED) is 0.296. The minimum atomic E-state index is -0.395. The summed E-state index contributed by atoms with van der Waals surface area (Å²) >= 11 is 0. The van der Waals surface area contributed by atoms with Gasteiger partial charge in [0.25, 0.3) is 0 Å². The summed E-state index contributed by atoms with van der Waals surface area (Å²) in [4.78, 5) is 10.6. The van der Waals surface area contributed by atoms with Gasteiger partial charge in [-0.15, -0.1) is 0 Å². The highest BCUT2D eigenvalue weighted by atomic mass is 16.6. The van der Waals surface area contributed by atoms with Crippen LogP contribution in [0.5, 0.6) is 0 Å². The van der Waals surface area contributed by atoms with Gasteiger partial charge in [0.05, 0.1) is 33.0 Å². The molecular formula is C13H22O6. The molecule has 0 saturated carbocycles. The molecule has 0 aromatic heterocycles. The van der Waals surface area contributed by atoms with Crippen LogP contribution in [0.2, 0.25) is 0 Å². The van der Waals surface area contributed by atoms with Gasteiger partial charge in [0.2, 0.25) is 0 Å². The van der Waals surface area contributed by atoms with E-state index >= 15 is 0 Å². The molecule has 0 bridgehead atoms. The van der Waals surface area contributed by atoms with E-state index in [0.717, 1.165) is 26.4 Å². The summed E-state index contributed by atoms with van der Waals surface area (Å²) in [7, 11) is 0. The van der Waals surface area contributed by atoms with Crippen LogP contribution in [0, 0.1) is 0 Å². The van der Waals surface area contributed by atoms with Crippen LogP contribution in [0.3, 0.4) is 0 Å². The van der Waals surface area contributed by atoms with Gasteiger partial charge < -0.3 is 24.1 Å². The topological polar surface area (TPSA) is 80.8 Å². The first kappa shape index (κ1) is 16.1. The van der Waals surface area contributed by atoms with E-state index in [4.69, 9.17) is 19.3 Å². The lowest BCUT2D eigenvalue weighted by molar-refractivity contribution is -0.139. The lowest BCUT2D eigenvalue weighted by Gasteiger charge is -2.00. The van der Waals surface area contributed by atoms with Crippen molar-refractivity contribution in [3.63, 3.8) is 0 Å². The highest BCUT2D eigenvalue weighted by molar-refractivity contribution is 5.86. The van der Waals surface area contributed by atoms with Crippen LogP contribution in [0.15, 0.2) is 12.2 Å². The Morgan fingerprint density at radius 1 is 1.32 bits per heavy atom. The lowest BCUT2D eigenvalue weighted by Crippen LogP contribution is -2.06. The van der Waals surface area contributed by atoms with Gasteiger partial charge in [0, 0.05) is 18.6 Å². The molecule has 0 aliphatic carbocycles. The molecule has 2 aliphatic heterocycles. The smallest absolute Gasteiger partial charge is 0.333 e. The fourth-order valence-corrected chi connectivity index (χ4v) is 1.01. The maximum absolute atomic E-state index is 10.6. The molecule has 6 heteroatoms. The SMILES string of the molecule is C(OCC1CO1)C1CO1.C=C(C)C(=O)OCCCO. The van der Waals surface area contributed by atoms with Crippen molar-refractivity contribution < 1.29 is 28.8 Å². The standard InChI is InChI=1S/C7H12O3.C6H10O3/c1-6(2)7(9)10-5-3-4-8;1(5-3-8-5)7-2-6-4-9-6/h8H,1,3-5H2,2H3;5-6H,1-4H2. The molecule has 2 rings (SSSR count). The van der Waals surface area contributed by atoms with Crippen molar-refractivity contribution in [2.75, 3.05) is 39.6 Å². The minimum absolute atomic E-state index is 0.0451. The third-order valence-corrected chi connectivity index (χ3v) is 2.30. The van der Waals surface area contributed by atoms with E-state index in [1.165, 1.54) is 0 Å². The van der Waals surface area contributed by atoms with Crippen LogP contribution in [-0.4, -0.2) is 62.9 Å². The molecule has 19 heavy (non-hydrogen) atoms. The molecule has 2 saturated heterocycles. The minimum Gasteiger partial charge on any atom is -0.462 e. The molecule has 110 valence electrons. The van der Waals surface area contributed by atoms with Gasteiger partial charge in [-0.2, -0.15) is 0 Å². The predicted molar refractivity (Wildman–Crippen MR) is 67.8 cm³/mol. The Morgan fingerprint density at radius 3 is 2.21 bits per heavy atom. The zero-order valence-corrected chi connectivity index (χ0v) is 11.3. The third-order valence-electron chi connectivity index (χ3n) is 2.30. The molecule has 0 aromatic carbocycles. The van der Waals surface area contributed by atoms with Gasteiger partial charge in [-0.1, -0.05) is 6.58 Å². The third kappa shape index (κ3) is 9.61. The van der Waals surface area contributed by atoms with Gasteiger partial charge in [0.1, 0.15) is 12.2 Å². The van der Waals surface area contributed by atoms with Gasteiger partial charge in [-0.25, -0.2) is 4.79 Å². The van der Waals surface area contributed by atoms with Crippen molar-refractivity contribution in [2.24, 2.45) is 0 Å². The van der Waals surface area contributed by atoms with Crippen molar-refractivity contribution in [1.29, 1.82) is 0 Å². The predicted octanol–water partition coefficient (Wildman–Crippen LogP) is 0.289. The number of epoxide rings is 2. The summed E-state index contributed by atoms with van der Waals surface area (Å²) in [5.41, 5.74) is 0.387. The second-order valence-electron chi connectivity index (χ2n) is 4.44. The Kier molecular flexibility index (Phi) is 7.66. The molecule has 6 nitrogen and oxygen atoms in total. The molecular weight excluding hydrogens is 252 g/mol. The Balaban J connectivity index is 0.000000190. The fourth-order valence-electron chi connectivity index (χ4n) is 1.01. The first-order valence-corrected chi connectivity index (χ1v) is 6.38. The van der Waals surface area contributed by atoms with Crippen molar-refractivity contribution in [2.45, 2.75) is 25.6 Å². The Bertz CT molecular complexity index is 271. The van der Waals surface area contributed by atoms with E-state index in [9.17, 15) is 4.79 Å². The average Bonchev–Trinajstić information content (AvgIpc) is 3.24. The number of hydrogen-bond acceptors (Lipinski definition) is 6. The normalized spacial score (nSPS) is 23.1. The van der Waals surface area contributed by atoms with Crippen LogP contribution < -0.4 is 0 Å². The summed E-state index contributed by atoms with van der Waals surface area (Å²) < 4.78 is 19.8. The Hall–Kier alpha value is -0.950. The number of hydrogen-bond donors (Lipinski definition) is 1. The van der Waals surface area contributed by atoms with Gasteiger partial charge in [-0.05, 0) is 6.92 Å². The van der Waals surface area contributed by atoms with E-state index in [1.54, 1.807) is 6.92 Å². The highest BCUT2D eigenvalue weighted by Crippen LogP contribution is 2.12. The van der Waals surface area contributed by atoms with Gasteiger partial charge in [-0.3, -0.25) is 0 Å². The van der Waals surface area contributed by atoms with Crippen LogP contribution in [0.1, 0.15) is 13.3 Å². The number of esters is 1. The Morgan fingerprint density at radius 2 is 1.84 bits per heavy atom. The molecule has 2 unspecified atom stereocenters. The number of aliphatic hydroxyl groups excluding tert-OH is 1. The van der Waals surface area contributed by atoms with Crippen LogP contribution in [-0.2, 0) is 23.7 Å². The number of ether oxygens (including phenoxy) is 4. The second kappa shape index (κ2) is 9.03. The fraction of sp³-hybridized carbons (Fsp3) is 0.769. The molecule has 0 radical (unpaired) electrons. The number of aliphatic hydroxyl groups is 1. The molecule has 2 aliphatic rings. The maximum atomic E-state index is 10.6. The largest absolute Gasteiger partial charge is 0.462 e. The molecule has 0 amide bonds. The zero-order valence-electron chi connectivity index (χ0n) is 11.3. The highest BCUT2D eigenvalue weighted by Gasteiger charge is 2.26. The maximum Gasteiger partial charge on any atom is 0.333 e. The van der Waals surface area contributed by atoms with Crippen LogP contribution >= 0.6 is 0 Å². The van der Waals surface area contributed by atoms with Gasteiger partial charge >= 0.3 is 5.97 Å². The average molecular weight is 274 g/mol. The Labute approximate surface area is 113 Å². The van der Waals surface area contributed by atoms with E-state index in [2.05, 4.69) is 11.3 Å². The van der Waals surface area contributed by atoms with E-state index in [1.807, 2.05) is 0 Å². The summed E-state index contributed by atoms with van der Waals surface area (Å²) in [6, 6.07) is 0. The summed E-state index contributed by atoms with van der Waals surface area (Å²) in [5, 5.41) is 8.30. The van der Waals surface area contributed by atoms with Crippen molar-refractivity contribution in [3.05, 3.63) is 12.2 Å². The lowest BCUT2D eigenvalue weighted by atomic mass is 10.4. The van der Waals surface area contributed by atoms with E-state index < -0.39 is 5.97 Å². The van der Waals surface area contributed by atoms with Crippen LogP contribution in [0.25, 0.3) is 0 Å². The van der Waals surface area contributed by atoms with E-state index in [0.29, 0.717) is 24.2 Å². The number of carbonyl (C=O) groups excluding carboxylic acids is 1. The molecule has 0 aromatic rings. The summed E-state index contributed by atoms with van der Waals surface area (Å²) in [6.07, 6.45) is 1.27. The van der Waals surface area contributed by atoms with Gasteiger partial charge in [0.15, 0.2) is 0 Å². The zero-order chi connectivity index (χ0) is 14.1. The monoisotopic (exact) mass is 274 g/mol. The van der Waals surface area contributed by atoms with Crippen molar-refractivity contribution in [3.8, 4) is 0 Å². The molecule has 2 atom stereocenters. The molecule has 2 heterocycles. The molecule has 1 N–H and O–H groups in total. The number of rotatable bonds is 8. The van der Waals surface area contributed by atoms with E-state index in [-0.39, 0.29) is 13.2 Å². The summed E-state index contributed by atoms with van der Waals surface area (Å²) in [6.45, 7) is 8.55.